The van der Waals surface area contributed by atoms with Crippen LogP contribution in [0.25, 0.3) is 0 Å². The maximum atomic E-state index is 2.40. The maximum absolute atomic E-state index is 2.40. The molecule has 0 atom stereocenters. The van der Waals surface area contributed by atoms with Crippen LogP contribution in [-0.2, 0) is 12.0 Å². The third-order valence-electron chi connectivity index (χ3n) is 3.17. The largest absolute Gasteiger partial charge is 0.302 e. The molecule has 0 heterocycles. The third-order valence-corrected chi connectivity index (χ3v) is 3.17. The van der Waals surface area contributed by atoms with E-state index in [0.29, 0.717) is 0 Å². The number of hydrogen-bond acceptors (Lipinski definition) is 1. The third kappa shape index (κ3) is 4.91. The maximum Gasteiger partial charge on any atom is 0.0230 e. The molecule has 0 saturated heterocycles. The van der Waals surface area contributed by atoms with Crippen LogP contribution in [0.15, 0.2) is 24.3 Å². The average molecular weight is 233 g/mol. The van der Waals surface area contributed by atoms with E-state index >= 15 is 0 Å². The number of nitrogens with zero attached hydrogens (tertiary/aromatic N) is 1. The molecule has 0 unspecified atom stereocenters. The first-order valence-electron chi connectivity index (χ1n) is 6.71. The van der Waals surface area contributed by atoms with Crippen LogP contribution in [0.1, 0.15) is 51.7 Å². The Balaban J connectivity index is 2.56. The van der Waals surface area contributed by atoms with Crippen LogP contribution in [-0.4, -0.2) is 18.5 Å². The highest BCUT2D eigenvalue weighted by atomic mass is 15.1. The van der Waals surface area contributed by atoms with E-state index in [1.54, 1.807) is 0 Å². The predicted molar refractivity (Wildman–Crippen MR) is 76.4 cm³/mol. The molecule has 1 rings (SSSR count). The minimum atomic E-state index is 0.257. The van der Waals surface area contributed by atoms with E-state index in [2.05, 4.69) is 63.9 Å². The van der Waals surface area contributed by atoms with E-state index < -0.39 is 0 Å². The number of unbranched alkanes of at least 4 members (excludes halogenated alkanes) is 1. The van der Waals surface area contributed by atoms with Gasteiger partial charge in [-0.05, 0) is 36.6 Å². The van der Waals surface area contributed by atoms with Crippen molar-refractivity contribution >= 4 is 0 Å². The molecule has 0 fully saturated rings. The Kier molecular flexibility index (Phi) is 5.20. The summed E-state index contributed by atoms with van der Waals surface area (Å²) in [7, 11) is 2.20. The fraction of sp³-hybridized carbons (Fsp3) is 0.625. The van der Waals surface area contributed by atoms with Crippen molar-refractivity contribution in [2.45, 2.75) is 52.5 Å². The lowest BCUT2D eigenvalue weighted by molar-refractivity contribution is 0.321. The van der Waals surface area contributed by atoms with Gasteiger partial charge in [-0.3, -0.25) is 0 Å². The molecule has 0 spiro atoms. The number of rotatable bonds is 5. The Labute approximate surface area is 107 Å². The molecule has 0 bridgehead atoms. The molecule has 1 heteroatoms. The Morgan fingerprint density at radius 2 is 1.65 bits per heavy atom. The van der Waals surface area contributed by atoms with E-state index in [4.69, 9.17) is 0 Å². The first kappa shape index (κ1) is 14.2. The summed E-state index contributed by atoms with van der Waals surface area (Å²) < 4.78 is 0. The predicted octanol–water partition coefficient (Wildman–Crippen LogP) is 4.22. The lowest BCUT2D eigenvalue weighted by Crippen LogP contribution is -2.19. The van der Waals surface area contributed by atoms with Gasteiger partial charge in [0.2, 0.25) is 0 Å². The highest BCUT2D eigenvalue weighted by molar-refractivity contribution is 5.27. The Hall–Kier alpha value is -0.820. The summed E-state index contributed by atoms with van der Waals surface area (Å²) in [5, 5.41) is 0. The number of benzene rings is 1. The lowest BCUT2D eigenvalue weighted by Gasteiger charge is -2.20. The normalized spacial score (nSPS) is 12.1. The summed E-state index contributed by atoms with van der Waals surface area (Å²) in [5.74, 6) is 0. The fourth-order valence-electron chi connectivity index (χ4n) is 1.93. The molecule has 0 amide bonds. The van der Waals surface area contributed by atoms with Crippen molar-refractivity contribution in [2.24, 2.45) is 0 Å². The summed E-state index contributed by atoms with van der Waals surface area (Å²) in [6.07, 6.45) is 2.56. The quantitative estimate of drug-likeness (QED) is 0.736. The fourth-order valence-corrected chi connectivity index (χ4v) is 1.93. The Bertz CT molecular complexity index is 318. The molecule has 0 N–H and O–H groups in total. The van der Waals surface area contributed by atoms with Crippen molar-refractivity contribution in [1.82, 2.24) is 4.90 Å². The van der Waals surface area contributed by atoms with Gasteiger partial charge in [0, 0.05) is 6.54 Å². The zero-order chi connectivity index (χ0) is 12.9. The van der Waals surface area contributed by atoms with E-state index in [9.17, 15) is 0 Å². The summed E-state index contributed by atoms with van der Waals surface area (Å²) in [5.41, 5.74) is 3.08. The molecule has 0 saturated carbocycles. The molecule has 0 radical (unpaired) electrons. The smallest absolute Gasteiger partial charge is 0.0230 e. The molecule has 1 nitrogen and oxygen atoms in total. The van der Waals surface area contributed by atoms with Gasteiger partial charge in [-0.25, -0.2) is 0 Å². The van der Waals surface area contributed by atoms with E-state index in [-0.39, 0.29) is 5.41 Å². The second-order valence-corrected chi connectivity index (χ2v) is 6.04. The summed E-state index contributed by atoms with van der Waals surface area (Å²) in [4.78, 5) is 2.40. The molecule has 17 heavy (non-hydrogen) atoms. The molecule has 1 aromatic rings. The summed E-state index contributed by atoms with van der Waals surface area (Å²) >= 11 is 0. The first-order chi connectivity index (χ1) is 7.93. The van der Waals surface area contributed by atoms with Gasteiger partial charge in [-0.1, -0.05) is 58.4 Å². The second-order valence-electron chi connectivity index (χ2n) is 6.04. The standard InChI is InChI=1S/C16H27N/c1-6-7-12-17(5)13-14-8-10-15(11-9-14)16(2,3)4/h8-11H,6-7,12-13H2,1-5H3. The monoisotopic (exact) mass is 233 g/mol. The molecule has 0 aliphatic rings. The van der Waals surface area contributed by atoms with E-state index in [1.807, 2.05) is 0 Å². The van der Waals surface area contributed by atoms with E-state index in [1.165, 1.54) is 30.5 Å². The molecular formula is C16H27N. The van der Waals surface area contributed by atoms with Crippen LogP contribution in [0.4, 0.5) is 0 Å². The van der Waals surface area contributed by atoms with Gasteiger partial charge < -0.3 is 4.90 Å². The van der Waals surface area contributed by atoms with Crippen molar-refractivity contribution in [3.8, 4) is 0 Å². The molecule has 1 aromatic carbocycles. The molecule has 0 aliphatic carbocycles. The number of hydrogen-bond donors (Lipinski definition) is 0. The zero-order valence-electron chi connectivity index (χ0n) is 12.1. The molecular weight excluding hydrogens is 206 g/mol. The van der Waals surface area contributed by atoms with E-state index in [0.717, 1.165) is 6.54 Å². The SMILES string of the molecule is CCCCN(C)Cc1ccc(C(C)(C)C)cc1. The van der Waals surface area contributed by atoms with Crippen LogP contribution < -0.4 is 0 Å². The van der Waals surface area contributed by atoms with Crippen molar-refractivity contribution in [2.75, 3.05) is 13.6 Å². The zero-order valence-corrected chi connectivity index (χ0v) is 12.1. The summed E-state index contributed by atoms with van der Waals surface area (Å²) in [6.45, 7) is 11.3. The average Bonchev–Trinajstić information content (AvgIpc) is 2.26. The van der Waals surface area contributed by atoms with Gasteiger partial charge in [-0.15, -0.1) is 0 Å². The second kappa shape index (κ2) is 6.20. The minimum absolute atomic E-state index is 0.257. The highest BCUT2D eigenvalue weighted by Crippen LogP contribution is 2.22. The minimum Gasteiger partial charge on any atom is -0.302 e. The van der Waals surface area contributed by atoms with Gasteiger partial charge in [0.05, 0.1) is 0 Å². The topological polar surface area (TPSA) is 3.24 Å². The summed E-state index contributed by atoms with van der Waals surface area (Å²) in [6, 6.07) is 9.07. The molecule has 0 aromatic heterocycles. The van der Waals surface area contributed by atoms with Gasteiger partial charge in [0.1, 0.15) is 0 Å². The highest BCUT2D eigenvalue weighted by Gasteiger charge is 2.12. The van der Waals surface area contributed by atoms with Gasteiger partial charge in [-0.2, -0.15) is 0 Å². The van der Waals surface area contributed by atoms with Crippen LogP contribution in [0.5, 0.6) is 0 Å². The van der Waals surface area contributed by atoms with Gasteiger partial charge in [0.25, 0.3) is 0 Å². The van der Waals surface area contributed by atoms with Crippen molar-refractivity contribution in [3.63, 3.8) is 0 Å². The van der Waals surface area contributed by atoms with Crippen molar-refractivity contribution < 1.29 is 0 Å². The first-order valence-corrected chi connectivity index (χ1v) is 6.71. The van der Waals surface area contributed by atoms with Crippen LogP contribution >= 0.6 is 0 Å². The van der Waals surface area contributed by atoms with Crippen LogP contribution in [0, 0.1) is 0 Å². The molecule has 0 aliphatic heterocycles. The van der Waals surface area contributed by atoms with Crippen LogP contribution in [0.2, 0.25) is 0 Å². The van der Waals surface area contributed by atoms with Crippen molar-refractivity contribution in [3.05, 3.63) is 35.4 Å². The van der Waals surface area contributed by atoms with Gasteiger partial charge >= 0.3 is 0 Å². The Morgan fingerprint density at radius 3 is 2.12 bits per heavy atom. The van der Waals surface area contributed by atoms with Crippen LogP contribution in [0.3, 0.4) is 0 Å². The van der Waals surface area contributed by atoms with Crippen molar-refractivity contribution in [1.29, 1.82) is 0 Å². The lowest BCUT2D eigenvalue weighted by atomic mass is 9.87. The Morgan fingerprint density at radius 1 is 1.06 bits per heavy atom. The molecule has 96 valence electrons. The van der Waals surface area contributed by atoms with Gasteiger partial charge in [0.15, 0.2) is 0 Å².